The number of halogens is 1. The Balaban J connectivity index is 1.76. The molecule has 0 amide bonds. The van der Waals surface area contributed by atoms with Crippen molar-refractivity contribution in [1.82, 2.24) is 4.90 Å². The number of carbonyl (C=O) groups excluding carboxylic acids is 1. The molecular weight excluding hydrogens is 274 g/mol. The predicted octanol–water partition coefficient (Wildman–Crippen LogP) is 2.72. The number of nitrogens with zero attached hydrogens (tertiary/aromatic N) is 1. The van der Waals surface area contributed by atoms with Gasteiger partial charge in [-0.3, -0.25) is 4.79 Å². The molecule has 0 aromatic carbocycles. The molecule has 4 heteroatoms. The Morgan fingerprint density at radius 3 is 2.73 bits per heavy atom. The van der Waals surface area contributed by atoms with E-state index in [1.54, 1.807) is 11.3 Å². The number of ketones is 1. The van der Waals surface area contributed by atoms with Crippen LogP contribution in [0.3, 0.4) is 0 Å². The fraction of sp³-hybridized carbons (Fsp3) is 0.545. The van der Waals surface area contributed by atoms with E-state index >= 15 is 0 Å². The monoisotopic (exact) mass is 287 g/mol. The first-order valence-electron chi connectivity index (χ1n) is 5.21. The Morgan fingerprint density at radius 2 is 2.13 bits per heavy atom. The van der Waals surface area contributed by atoms with Gasteiger partial charge in [0.15, 0.2) is 0 Å². The van der Waals surface area contributed by atoms with Crippen molar-refractivity contribution >= 4 is 33.0 Å². The van der Waals surface area contributed by atoms with Gasteiger partial charge in [-0.25, -0.2) is 0 Å². The highest BCUT2D eigenvalue weighted by Gasteiger charge is 2.15. The van der Waals surface area contributed by atoms with E-state index in [0.29, 0.717) is 5.78 Å². The molecule has 1 fully saturated rings. The standard InChI is InChI=1S/C11H14BrNOS/c12-9-7-11(15-8-9)3-6-13-4-1-10(14)2-5-13/h7-8H,1-6H2. The molecule has 0 saturated carbocycles. The largest absolute Gasteiger partial charge is 0.302 e. The number of Topliss-reactive ketones (excluding diaryl/α,β-unsaturated/α-hetero) is 1. The van der Waals surface area contributed by atoms with Crippen molar-refractivity contribution in [3.8, 4) is 0 Å². The molecule has 82 valence electrons. The summed E-state index contributed by atoms with van der Waals surface area (Å²) >= 11 is 5.26. The Morgan fingerprint density at radius 1 is 1.40 bits per heavy atom. The molecule has 2 heterocycles. The summed E-state index contributed by atoms with van der Waals surface area (Å²) in [7, 11) is 0. The number of likely N-dealkylation sites (tertiary alicyclic amines) is 1. The van der Waals surface area contributed by atoms with Gasteiger partial charge < -0.3 is 4.90 Å². The second-order valence-electron chi connectivity index (χ2n) is 3.86. The predicted molar refractivity (Wildman–Crippen MR) is 66.4 cm³/mol. The zero-order valence-corrected chi connectivity index (χ0v) is 10.9. The minimum absolute atomic E-state index is 0.421. The second-order valence-corrected chi connectivity index (χ2v) is 5.77. The molecular formula is C11H14BrNOS. The maximum absolute atomic E-state index is 11.1. The van der Waals surface area contributed by atoms with Crippen LogP contribution in [0.25, 0.3) is 0 Å². The van der Waals surface area contributed by atoms with Crippen LogP contribution < -0.4 is 0 Å². The smallest absolute Gasteiger partial charge is 0.135 e. The summed E-state index contributed by atoms with van der Waals surface area (Å²) < 4.78 is 1.18. The van der Waals surface area contributed by atoms with Gasteiger partial charge in [0.1, 0.15) is 5.78 Å². The Hall–Kier alpha value is -0.190. The fourth-order valence-corrected chi connectivity index (χ4v) is 3.22. The molecule has 2 nitrogen and oxygen atoms in total. The lowest BCUT2D eigenvalue weighted by atomic mass is 10.1. The van der Waals surface area contributed by atoms with Crippen molar-refractivity contribution in [2.24, 2.45) is 0 Å². The van der Waals surface area contributed by atoms with Crippen molar-refractivity contribution in [3.63, 3.8) is 0 Å². The zero-order valence-electron chi connectivity index (χ0n) is 8.54. The molecule has 1 saturated heterocycles. The molecule has 1 aliphatic heterocycles. The molecule has 1 aromatic heterocycles. The molecule has 0 aliphatic carbocycles. The number of carbonyl (C=O) groups is 1. The van der Waals surface area contributed by atoms with E-state index < -0.39 is 0 Å². The van der Waals surface area contributed by atoms with Crippen LogP contribution in [0.1, 0.15) is 17.7 Å². The second kappa shape index (κ2) is 5.23. The first kappa shape index (κ1) is 11.3. The lowest BCUT2D eigenvalue weighted by Gasteiger charge is -2.25. The minimum Gasteiger partial charge on any atom is -0.302 e. The van der Waals surface area contributed by atoms with Crippen molar-refractivity contribution < 1.29 is 4.79 Å². The summed E-state index contributed by atoms with van der Waals surface area (Å²) in [5, 5.41) is 2.12. The van der Waals surface area contributed by atoms with Gasteiger partial charge in [-0.2, -0.15) is 0 Å². The number of hydrogen-bond donors (Lipinski definition) is 0. The lowest BCUT2D eigenvalue weighted by Crippen LogP contribution is -2.35. The molecule has 0 radical (unpaired) electrons. The summed E-state index contributed by atoms with van der Waals surface area (Å²) in [6.45, 7) is 2.98. The molecule has 15 heavy (non-hydrogen) atoms. The first-order valence-corrected chi connectivity index (χ1v) is 6.88. The highest BCUT2D eigenvalue weighted by Crippen LogP contribution is 2.20. The van der Waals surface area contributed by atoms with Crippen LogP contribution in [-0.2, 0) is 11.2 Å². The van der Waals surface area contributed by atoms with E-state index in [9.17, 15) is 4.79 Å². The maximum Gasteiger partial charge on any atom is 0.135 e. The van der Waals surface area contributed by atoms with Gasteiger partial charge in [-0.05, 0) is 28.4 Å². The van der Waals surface area contributed by atoms with Gasteiger partial charge in [0, 0.05) is 47.2 Å². The van der Waals surface area contributed by atoms with Gasteiger partial charge >= 0.3 is 0 Å². The average Bonchev–Trinajstić information content (AvgIpc) is 2.64. The lowest BCUT2D eigenvalue weighted by molar-refractivity contribution is -0.121. The normalized spacial score (nSPS) is 18.3. The van der Waals surface area contributed by atoms with Gasteiger partial charge in [-0.15, -0.1) is 11.3 Å². The first-order chi connectivity index (χ1) is 7.24. The van der Waals surface area contributed by atoms with E-state index in [4.69, 9.17) is 0 Å². The van der Waals surface area contributed by atoms with Crippen LogP contribution in [0.4, 0.5) is 0 Å². The van der Waals surface area contributed by atoms with E-state index in [2.05, 4.69) is 32.3 Å². The van der Waals surface area contributed by atoms with Gasteiger partial charge in [0.05, 0.1) is 0 Å². The summed E-state index contributed by atoms with van der Waals surface area (Å²) in [6, 6.07) is 2.18. The van der Waals surface area contributed by atoms with Crippen LogP contribution in [0.2, 0.25) is 0 Å². The summed E-state index contributed by atoms with van der Waals surface area (Å²) in [5.74, 6) is 0.421. The number of piperidine rings is 1. The third kappa shape index (κ3) is 3.40. The van der Waals surface area contributed by atoms with Crippen molar-refractivity contribution in [1.29, 1.82) is 0 Å². The summed E-state index contributed by atoms with van der Waals surface area (Å²) in [6.07, 6.45) is 2.59. The number of rotatable bonds is 3. The van der Waals surface area contributed by atoms with Gasteiger partial charge in [0.2, 0.25) is 0 Å². The number of thiophene rings is 1. The summed E-state index contributed by atoms with van der Waals surface area (Å²) in [4.78, 5) is 14.9. The van der Waals surface area contributed by atoms with E-state index in [1.807, 2.05) is 0 Å². The Labute approximate surface area is 102 Å². The molecule has 1 aromatic rings. The molecule has 2 rings (SSSR count). The molecule has 0 bridgehead atoms. The van der Waals surface area contributed by atoms with Crippen molar-refractivity contribution in [2.75, 3.05) is 19.6 Å². The van der Waals surface area contributed by atoms with Crippen LogP contribution in [-0.4, -0.2) is 30.3 Å². The van der Waals surface area contributed by atoms with Crippen LogP contribution in [0.5, 0.6) is 0 Å². The maximum atomic E-state index is 11.1. The van der Waals surface area contributed by atoms with Crippen LogP contribution in [0.15, 0.2) is 15.9 Å². The highest BCUT2D eigenvalue weighted by molar-refractivity contribution is 9.10. The number of hydrogen-bond acceptors (Lipinski definition) is 3. The molecule has 1 aliphatic rings. The zero-order chi connectivity index (χ0) is 10.7. The molecule has 0 N–H and O–H groups in total. The van der Waals surface area contributed by atoms with E-state index in [0.717, 1.165) is 38.9 Å². The van der Waals surface area contributed by atoms with Crippen LogP contribution in [0, 0.1) is 0 Å². The average molecular weight is 288 g/mol. The van der Waals surface area contributed by atoms with E-state index in [-0.39, 0.29) is 0 Å². The highest BCUT2D eigenvalue weighted by atomic mass is 79.9. The topological polar surface area (TPSA) is 20.3 Å². The van der Waals surface area contributed by atoms with Crippen LogP contribution >= 0.6 is 27.3 Å². The fourth-order valence-electron chi connectivity index (χ4n) is 1.78. The minimum atomic E-state index is 0.421. The summed E-state index contributed by atoms with van der Waals surface area (Å²) in [5.41, 5.74) is 0. The molecule has 0 atom stereocenters. The van der Waals surface area contributed by atoms with Gasteiger partial charge in [-0.1, -0.05) is 0 Å². The van der Waals surface area contributed by atoms with Crippen molar-refractivity contribution in [3.05, 3.63) is 20.8 Å². The van der Waals surface area contributed by atoms with Crippen molar-refractivity contribution in [2.45, 2.75) is 19.3 Å². The molecule has 0 spiro atoms. The molecule has 0 unspecified atom stereocenters. The third-order valence-electron chi connectivity index (χ3n) is 2.71. The Kier molecular flexibility index (Phi) is 3.94. The van der Waals surface area contributed by atoms with Gasteiger partial charge in [0.25, 0.3) is 0 Å². The van der Waals surface area contributed by atoms with E-state index in [1.165, 1.54) is 9.35 Å². The SMILES string of the molecule is O=C1CCN(CCc2cc(Br)cs2)CC1. The third-order valence-corrected chi connectivity index (χ3v) is 4.47. The Bertz CT molecular complexity index is 340. The quantitative estimate of drug-likeness (QED) is 0.852.